The maximum absolute atomic E-state index is 13.4. The second-order valence-electron chi connectivity index (χ2n) is 4.59. The number of hydrogen-bond acceptors (Lipinski definition) is 4. The number of nitrogens with zero attached hydrogens (tertiary/aromatic N) is 1. The van der Waals surface area contributed by atoms with Crippen LogP contribution in [0.3, 0.4) is 0 Å². The highest BCUT2D eigenvalue weighted by Crippen LogP contribution is 2.14. The number of nitrogens with one attached hydrogen (secondary N) is 1. The van der Waals surface area contributed by atoms with Crippen molar-refractivity contribution >= 4 is 17.6 Å². The molecule has 116 valence electrons. The number of carbonyl (C=O) groups is 2. The van der Waals surface area contributed by atoms with E-state index in [1.807, 2.05) is 0 Å². The Bertz CT molecular complexity index is 509. The first-order valence-electron chi connectivity index (χ1n) is 6.42. The molecular weight excluding hydrogens is 282 g/mol. The van der Waals surface area contributed by atoms with Gasteiger partial charge in [0.25, 0.3) is 0 Å². The summed E-state index contributed by atoms with van der Waals surface area (Å²) in [6.07, 6.45) is 0.830. The van der Waals surface area contributed by atoms with E-state index in [4.69, 9.17) is 0 Å². The predicted molar refractivity (Wildman–Crippen MR) is 73.7 cm³/mol. The minimum Gasteiger partial charge on any atom is -0.469 e. The van der Waals surface area contributed by atoms with E-state index in [1.165, 1.54) is 13.2 Å². The second-order valence-corrected chi connectivity index (χ2v) is 4.59. The monoisotopic (exact) mass is 300 g/mol. The number of amides is 1. The van der Waals surface area contributed by atoms with Crippen molar-refractivity contribution in [3.63, 3.8) is 0 Å². The maximum atomic E-state index is 13.4. The number of benzene rings is 1. The number of esters is 1. The summed E-state index contributed by atoms with van der Waals surface area (Å²) >= 11 is 0. The maximum Gasteiger partial charge on any atom is 0.305 e. The summed E-state index contributed by atoms with van der Waals surface area (Å²) in [4.78, 5) is 24.3. The van der Waals surface area contributed by atoms with Gasteiger partial charge in [-0.15, -0.1) is 0 Å². The molecule has 5 nitrogen and oxygen atoms in total. The summed E-state index contributed by atoms with van der Waals surface area (Å²) in [5, 5.41) is 2.36. The minimum absolute atomic E-state index is 0.0397. The zero-order valence-corrected chi connectivity index (χ0v) is 12.0. The Morgan fingerprint density at radius 3 is 2.67 bits per heavy atom. The molecule has 0 aliphatic rings. The molecule has 0 saturated heterocycles. The Balaban J connectivity index is 2.37. The minimum atomic E-state index is -0.823. The number of hydrogen-bond donors (Lipinski definition) is 1. The molecule has 0 heterocycles. The van der Waals surface area contributed by atoms with E-state index >= 15 is 0 Å². The SMILES string of the molecule is COC(=O)CCCN(C)CC(=O)Nc1ccc(F)cc1F. The van der Waals surface area contributed by atoms with E-state index in [9.17, 15) is 18.4 Å². The summed E-state index contributed by atoms with van der Waals surface area (Å²) in [7, 11) is 3.02. The van der Waals surface area contributed by atoms with Gasteiger partial charge in [0.05, 0.1) is 19.3 Å². The summed E-state index contributed by atoms with van der Waals surface area (Å²) < 4.78 is 30.6. The third-order valence-electron chi connectivity index (χ3n) is 2.77. The molecule has 1 amide bonds. The fraction of sp³-hybridized carbons (Fsp3) is 0.429. The first kappa shape index (κ1) is 17.0. The van der Waals surface area contributed by atoms with Gasteiger partial charge >= 0.3 is 5.97 Å². The van der Waals surface area contributed by atoms with Crippen LogP contribution in [0.25, 0.3) is 0 Å². The van der Waals surface area contributed by atoms with E-state index in [-0.39, 0.29) is 24.6 Å². The Labute approximate surface area is 121 Å². The molecule has 0 unspecified atom stereocenters. The molecule has 1 aromatic carbocycles. The van der Waals surface area contributed by atoms with Gasteiger partial charge in [-0.3, -0.25) is 14.5 Å². The van der Waals surface area contributed by atoms with Crippen LogP contribution >= 0.6 is 0 Å². The smallest absolute Gasteiger partial charge is 0.305 e. The highest BCUT2D eigenvalue weighted by molar-refractivity contribution is 5.92. The Kier molecular flexibility index (Phi) is 6.74. The molecule has 0 radical (unpaired) electrons. The van der Waals surface area contributed by atoms with E-state index in [0.717, 1.165) is 6.07 Å². The van der Waals surface area contributed by atoms with Crippen molar-refractivity contribution in [1.29, 1.82) is 0 Å². The van der Waals surface area contributed by atoms with Gasteiger partial charge in [-0.25, -0.2) is 8.78 Å². The van der Waals surface area contributed by atoms with Crippen molar-refractivity contribution in [2.24, 2.45) is 0 Å². The summed E-state index contributed by atoms with van der Waals surface area (Å²) in [6, 6.07) is 2.94. The molecule has 0 fully saturated rings. The molecule has 21 heavy (non-hydrogen) atoms. The molecule has 1 N–H and O–H groups in total. The van der Waals surface area contributed by atoms with Crippen molar-refractivity contribution < 1.29 is 23.1 Å². The highest BCUT2D eigenvalue weighted by atomic mass is 19.1. The number of anilines is 1. The topological polar surface area (TPSA) is 58.6 Å². The van der Waals surface area contributed by atoms with Crippen LogP contribution < -0.4 is 5.32 Å². The first-order chi connectivity index (χ1) is 9.92. The predicted octanol–water partition coefficient (Wildman–Crippen LogP) is 1.79. The summed E-state index contributed by atoms with van der Waals surface area (Å²) in [5.41, 5.74) is -0.0654. The fourth-order valence-electron chi connectivity index (χ4n) is 1.70. The van der Waals surface area contributed by atoms with Gasteiger partial charge in [-0.2, -0.15) is 0 Å². The Morgan fingerprint density at radius 2 is 2.05 bits per heavy atom. The van der Waals surface area contributed by atoms with Gasteiger partial charge in [0.15, 0.2) is 0 Å². The van der Waals surface area contributed by atoms with Crippen LogP contribution in [0.1, 0.15) is 12.8 Å². The van der Waals surface area contributed by atoms with Crippen molar-refractivity contribution in [2.75, 3.05) is 32.6 Å². The average Bonchev–Trinajstić information content (AvgIpc) is 2.41. The largest absolute Gasteiger partial charge is 0.469 e. The summed E-state index contributed by atoms with van der Waals surface area (Å²) in [6.45, 7) is 0.562. The first-order valence-corrected chi connectivity index (χ1v) is 6.42. The average molecular weight is 300 g/mol. The number of ether oxygens (including phenoxy) is 1. The van der Waals surface area contributed by atoms with E-state index in [1.54, 1.807) is 11.9 Å². The van der Waals surface area contributed by atoms with Gasteiger partial charge in [0.1, 0.15) is 11.6 Å². The third kappa shape index (κ3) is 6.31. The van der Waals surface area contributed by atoms with Crippen molar-refractivity contribution in [3.8, 4) is 0 Å². The molecule has 0 aliphatic heterocycles. The normalized spacial score (nSPS) is 10.5. The van der Waals surface area contributed by atoms with Crippen LogP contribution in [0.4, 0.5) is 14.5 Å². The van der Waals surface area contributed by atoms with Gasteiger partial charge in [-0.1, -0.05) is 0 Å². The van der Waals surface area contributed by atoms with E-state index < -0.39 is 17.5 Å². The van der Waals surface area contributed by atoms with Crippen LogP contribution in [0.15, 0.2) is 18.2 Å². The molecule has 1 rings (SSSR count). The quantitative estimate of drug-likeness (QED) is 0.780. The van der Waals surface area contributed by atoms with Crippen LogP contribution in [0.2, 0.25) is 0 Å². The molecule has 0 spiro atoms. The molecular formula is C14H18F2N2O3. The Hall–Kier alpha value is -2.02. The van der Waals surface area contributed by atoms with Crippen LogP contribution in [-0.4, -0.2) is 44.0 Å². The van der Waals surface area contributed by atoms with Crippen LogP contribution in [-0.2, 0) is 14.3 Å². The molecule has 0 aliphatic carbocycles. The molecule has 0 bridgehead atoms. The van der Waals surface area contributed by atoms with Crippen LogP contribution in [0, 0.1) is 11.6 Å². The fourth-order valence-corrected chi connectivity index (χ4v) is 1.70. The van der Waals surface area contributed by atoms with E-state index in [2.05, 4.69) is 10.1 Å². The van der Waals surface area contributed by atoms with Crippen LogP contribution in [0.5, 0.6) is 0 Å². The molecule has 1 aromatic rings. The lowest BCUT2D eigenvalue weighted by atomic mass is 10.3. The number of likely N-dealkylation sites (N-methyl/N-ethyl adjacent to an activating group) is 1. The third-order valence-corrected chi connectivity index (χ3v) is 2.77. The van der Waals surface area contributed by atoms with Gasteiger partial charge in [0.2, 0.25) is 5.91 Å². The van der Waals surface area contributed by atoms with Crippen molar-refractivity contribution in [1.82, 2.24) is 4.90 Å². The number of halogens is 2. The number of carbonyl (C=O) groups excluding carboxylic acids is 2. The molecule has 0 saturated carbocycles. The highest BCUT2D eigenvalue weighted by Gasteiger charge is 2.11. The van der Waals surface area contributed by atoms with Gasteiger partial charge < -0.3 is 10.1 Å². The van der Waals surface area contributed by atoms with E-state index in [0.29, 0.717) is 19.0 Å². The zero-order chi connectivity index (χ0) is 15.8. The molecule has 0 aromatic heterocycles. The molecule has 0 atom stereocenters. The lowest BCUT2D eigenvalue weighted by Gasteiger charge is -2.16. The standard InChI is InChI=1S/C14H18F2N2O3/c1-18(7-3-4-14(20)21-2)9-13(19)17-12-6-5-10(15)8-11(12)16/h5-6,8H,3-4,7,9H2,1-2H3,(H,17,19). The Morgan fingerprint density at radius 1 is 1.33 bits per heavy atom. The second kappa shape index (κ2) is 8.31. The number of methoxy groups -OCH3 is 1. The summed E-state index contributed by atoms with van der Waals surface area (Å²) in [5.74, 6) is -2.25. The van der Waals surface area contributed by atoms with Gasteiger partial charge in [0, 0.05) is 12.5 Å². The lowest BCUT2D eigenvalue weighted by Crippen LogP contribution is -2.31. The lowest BCUT2D eigenvalue weighted by molar-refractivity contribution is -0.140. The van der Waals surface area contributed by atoms with Crippen molar-refractivity contribution in [2.45, 2.75) is 12.8 Å². The van der Waals surface area contributed by atoms with Gasteiger partial charge in [-0.05, 0) is 32.1 Å². The molecule has 7 heteroatoms. The number of rotatable bonds is 7. The van der Waals surface area contributed by atoms with Crippen molar-refractivity contribution in [3.05, 3.63) is 29.8 Å². The zero-order valence-electron chi connectivity index (χ0n) is 12.0.